The highest BCUT2D eigenvalue weighted by atomic mass is 35.5. The Bertz CT molecular complexity index is 930. The highest BCUT2D eigenvalue weighted by molar-refractivity contribution is 7.16. The third kappa shape index (κ3) is 5.14. The fraction of sp³-hybridized carbons (Fsp3) is 0.350. The fourth-order valence-electron chi connectivity index (χ4n) is 3.14. The zero-order valence-corrected chi connectivity index (χ0v) is 17.7. The Morgan fingerprint density at radius 1 is 1.28 bits per heavy atom. The Labute approximate surface area is 178 Å². The predicted octanol–water partition coefficient (Wildman–Crippen LogP) is 3.28. The molecule has 2 heterocycles. The Morgan fingerprint density at radius 2 is 2.07 bits per heavy atom. The fourth-order valence-corrected chi connectivity index (χ4v) is 4.27. The molecule has 1 unspecified atom stereocenters. The standard InChI is InChI=1S/C20H22ClN3O4S/c1-12-5-6-13(10-14(12)24-9-3-4-18(24)25)23-20(27)19(26)22-11-15(28-2)16-7-8-17(21)29-16/h5-8,10,15H,3-4,9,11H2,1-2H3,(H,22,26)(H,23,27). The molecule has 0 radical (unpaired) electrons. The molecule has 0 aliphatic carbocycles. The molecule has 2 aromatic rings. The summed E-state index contributed by atoms with van der Waals surface area (Å²) in [5.74, 6) is -1.49. The molecule has 29 heavy (non-hydrogen) atoms. The van der Waals surface area contributed by atoms with E-state index >= 15 is 0 Å². The van der Waals surface area contributed by atoms with Crippen molar-refractivity contribution in [1.82, 2.24) is 5.32 Å². The van der Waals surface area contributed by atoms with E-state index in [4.69, 9.17) is 16.3 Å². The second kappa shape index (κ2) is 9.39. The van der Waals surface area contributed by atoms with E-state index in [1.165, 1.54) is 18.4 Å². The van der Waals surface area contributed by atoms with Gasteiger partial charge in [-0.1, -0.05) is 17.7 Å². The van der Waals surface area contributed by atoms with Crippen molar-refractivity contribution in [2.75, 3.05) is 30.4 Å². The molecule has 3 rings (SSSR count). The van der Waals surface area contributed by atoms with Gasteiger partial charge in [-0.2, -0.15) is 0 Å². The molecule has 1 aliphatic rings. The van der Waals surface area contributed by atoms with Gasteiger partial charge in [0.05, 0.1) is 4.34 Å². The number of halogens is 1. The largest absolute Gasteiger partial charge is 0.374 e. The van der Waals surface area contributed by atoms with Crippen LogP contribution in [0.2, 0.25) is 4.34 Å². The number of hydrogen-bond acceptors (Lipinski definition) is 5. The van der Waals surface area contributed by atoms with E-state index in [0.29, 0.717) is 23.0 Å². The summed E-state index contributed by atoms with van der Waals surface area (Å²) in [4.78, 5) is 39.1. The Balaban J connectivity index is 1.61. The Morgan fingerprint density at radius 3 is 2.69 bits per heavy atom. The summed E-state index contributed by atoms with van der Waals surface area (Å²) in [6.07, 6.45) is 0.943. The first-order chi connectivity index (χ1) is 13.9. The lowest BCUT2D eigenvalue weighted by atomic mass is 10.1. The van der Waals surface area contributed by atoms with Crippen LogP contribution in [0, 0.1) is 6.92 Å². The molecular weight excluding hydrogens is 414 g/mol. The van der Waals surface area contributed by atoms with Gasteiger partial charge in [0.25, 0.3) is 0 Å². The van der Waals surface area contributed by atoms with Crippen molar-refractivity contribution in [2.24, 2.45) is 0 Å². The van der Waals surface area contributed by atoms with Crippen molar-refractivity contribution in [2.45, 2.75) is 25.9 Å². The summed E-state index contributed by atoms with van der Waals surface area (Å²) < 4.78 is 5.98. The van der Waals surface area contributed by atoms with Crippen LogP contribution in [-0.4, -0.2) is 37.9 Å². The molecule has 7 nitrogen and oxygen atoms in total. The van der Waals surface area contributed by atoms with Gasteiger partial charge in [-0.25, -0.2) is 0 Å². The summed E-state index contributed by atoms with van der Waals surface area (Å²) in [5.41, 5.74) is 2.14. The Hall–Kier alpha value is -2.42. The van der Waals surface area contributed by atoms with Crippen molar-refractivity contribution in [3.8, 4) is 0 Å². The van der Waals surface area contributed by atoms with Gasteiger partial charge in [0.2, 0.25) is 5.91 Å². The number of carbonyl (C=O) groups excluding carboxylic acids is 3. The summed E-state index contributed by atoms with van der Waals surface area (Å²) in [6, 6.07) is 8.81. The van der Waals surface area contributed by atoms with Gasteiger partial charge in [-0.05, 0) is 43.2 Å². The van der Waals surface area contributed by atoms with Crippen molar-refractivity contribution < 1.29 is 19.1 Å². The van der Waals surface area contributed by atoms with E-state index in [1.807, 2.05) is 19.1 Å². The first-order valence-corrected chi connectivity index (χ1v) is 10.4. The summed E-state index contributed by atoms with van der Waals surface area (Å²) in [5, 5.41) is 5.16. The highest BCUT2D eigenvalue weighted by Gasteiger charge is 2.24. The molecular formula is C20H22ClN3O4S. The quantitative estimate of drug-likeness (QED) is 0.681. The monoisotopic (exact) mass is 435 g/mol. The second-order valence-electron chi connectivity index (χ2n) is 6.68. The number of anilines is 2. The molecule has 154 valence electrons. The van der Waals surface area contributed by atoms with Crippen LogP contribution in [0.25, 0.3) is 0 Å². The van der Waals surface area contributed by atoms with Crippen molar-refractivity contribution in [1.29, 1.82) is 0 Å². The molecule has 3 amide bonds. The van der Waals surface area contributed by atoms with Gasteiger partial charge < -0.3 is 20.3 Å². The van der Waals surface area contributed by atoms with Gasteiger partial charge in [-0.3, -0.25) is 14.4 Å². The zero-order chi connectivity index (χ0) is 21.0. The number of carbonyl (C=O) groups is 3. The minimum atomic E-state index is -0.786. The Kier molecular flexibility index (Phi) is 6.89. The van der Waals surface area contributed by atoms with Crippen LogP contribution < -0.4 is 15.5 Å². The van der Waals surface area contributed by atoms with E-state index in [9.17, 15) is 14.4 Å². The van der Waals surface area contributed by atoms with Gasteiger partial charge in [0.1, 0.15) is 6.10 Å². The first-order valence-electron chi connectivity index (χ1n) is 9.17. The molecule has 0 saturated carbocycles. The van der Waals surface area contributed by atoms with Gasteiger partial charge >= 0.3 is 11.8 Å². The molecule has 1 aromatic heterocycles. The maximum Gasteiger partial charge on any atom is 0.313 e. The minimum absolute atomic E-state index is 0.0635. The number of aryl methyl sites for hydroxylation is 1. The molecule has 1 aromatic carbocycles. The molecule has 0 spiro atoms. The van der Waals surface area contributed by atoms with Crippen LogP contribution >= 0.6 is 22.9 Å². The van der Waals surface area contributed by atoms with Gasteiger partial charge in [0, 0.05) is 42.9 Å². The number of thiophene rings is 1. The number of ether oxygens (including phenoxy) is 1. The number of hydrogen-bond donors (Lipinski definition) is 2. The van der Waals surface area contributed by atoms with Crippen molar-refractivity contribution >= 4 is 52.0 Å². The van der Waals surface area contributed by atoms with E-state index in [1.54, 1.807) is 23.1 Å². The molecule has 1 atom stereocenters. The lowest BCUT2D eigenvalue weighted by Gasteiger charge is -2.19. The molecule has 2 N–H and O–H groups in total. The average Bonchev–Trinajstić information content (AvgIpc) is 3.32. The topological polar surface area (TPSA) is 87.7 Å². The SMILES string of the molecule is COC(CNC(=O)C(=O)Nc1ccc(C)c(N2CCCC2=O)c1)c1ccc(Cl)s1. The van der Waals surface area contributed by atoms with Crippen molar-refractivity contribution in [3.05, 3.63) is 45.1 Å². The smallest absolute Gasteiger partial charge is 0.313 e. The summed E-state index contributed by atoms with van der Waals surface area (Å²) in [7, 11) is 1.53. The molecule has 1 saturated heterocycles. The predicted molar refractivity (Wildman–Crippen MR) is 113 cm³/mol. The molecule has 1 aliphatic heterocycles. The number of benzene rings is 1. The number of methoxy groups -OCH3 is 1. The third-order valence-electron chi connectivity index (χ3n) is 4.68. The highest BCUT2D eigenvalue weighted by Crippen LogP contribution is 2.29. The number of amides is 3. The first kappa shape index (κ1) is 21.3. The lowest BCUT2D eigenvalue weighted by molar-refractivity contribution is -0.136. The van der Waals surface area contributed by atoms with E-state index in [-0.39, 0.29) is 12.5 Å². The van der Waals surface area contributed by atoms with Crippen molar-refractivity contribution in [3.63, 3.8) is 0 Å². The number of nitrogens with one attached hydrogen (secondary N) is 2. The average molecular weight is 436 g/mol. The molecule has 0 bridgehead atoms. The normalized spacial score (nSPS) is 14.7. The van der Waals surface area contributed by atoms with Crippen LogP contribution in [0.4, 0.5) is 11.4 Å². The minimum Gasteiger partial charge on any atom is -0.374 e. The number of rotatable bonds is 6. The van der Waals surface area contributed by atoms with E-state index in [2.05, 4.69) is 10.6 Å². The van der Waals surface area contributed by atoms with Crippen LogP contribution in [0.3, 0.4) is 0 Å². The number of nitrogens with zero attached hydrogens (tertiary/aromatic N) is 1. The van der Waals surface area contributed by atoms with E-state index < -0.39 is 17.9 Å². The molecule has 1 fully saturated rings. The summed E-state index contributed by atoms with van der Waals surface area (Å²) >= 11 is 7.29. The van der Waals surface area contributed by atoms with Crippen LogP contribution in [0.15, 0.2) is 30.3 Å². The van der Waals surface area contributed by atoms with Gasteiger partial charge in [0.15, 0.2) is 0 Å². The van der Waals surface area contributed by atoms with Crippen LogP contribution in [-0.2, 0) is 19.1 Å². The zero-order valence-electron chi connectivity index (χ0n) is 16.2. The van der Waals surface area contributed by atoms with Crippen LogP contribution in [0.1, 0.15) is 29.4 Å². The van der Waals surface area contributed by atoms with Gasteiger partial charge in [-0.15, -0.1) is 11.3 Å². The maximum atomic E-state index is 12.3. The summed E-state index contributed by atoms with van der Waals surface area (Å²) in [6.45, 7) is 2.70. The van der Waals surface area contributed by atoms with E-state index in [0.717, 1.165) is 22.5 Å². The lowest BCUT2D eigenvalue weighted by Crippen LogP contribution is -2.37. The maximum absolute atomic E-state index is 12.3. The second-order valence-corrected chi connectivity index (χ2v) is 8.43. The molecule has 9 heteroatoms. The third-order valence-corrected chi connectivity index (χ3v) is 6.00. The van der Waals surface area contributed by atoms with Crippen LogP contribution in [0.5, 0.6) is 0 Å².